The van der Waals surface area contributed by atoms with E-state index in [-0.39, 0.29) is 0 Å². The van der Waals surface area contributed by atoms with Gasteiger partial charge in [0.05, 0.1) is 5.69 Å². The molecule has 0 fully saturated rings. The van der Waals surface area contributed by atoms with Gasteiger partial charge >= 0.3 is 0 Å². The van der Waals surface area contributed by atoms with Crippen LogP contribution in [0.5, 0.6) is 0 Å². The van der Waals surface area contributed by atoms with E-state index in [1.165, 1.54) is 0 Å². The molecule has 0 atom stereocenters. The second kappa shape index (κ2) is 4.47. The fourth-order valence-corrected chi connectivity index (χ4v) is 1.49. The minimum atomic E-state index is 0.394. The van der Waals surface area contributed by atoms with Gasteiger partial charge in [-0.25, -0.2) is 4.98 Å². The van der Waals surface area contributed by atoms with Crippen LogP contribution >= 0.6 is 0 Å². The van der Waals surface area contributed by atoms with Crippen molar-refractivity contribution in [1.82, 2.24) is 9.97 Å². The van der Waals surface area contributed by atoms with E-state index in [9.17, 15) is 0 Å². The van der Waals surface area contributed by atoms with Crippen molar-refractivity contribution in [3.8, 4) is 11.5 Å². The van der Waals surface area contributed by atoms with Crippen LogP contribution in [0.2, 0.25) is 0 Å². The zero-order valence-electron chi connectivity index (χ0n) is 9.90. The molecule has 0 aliphatic heterocycles. The normalized spacial score (nSPS) is 11.0. The summed E-state index contributed by atoms with van der Waals surface area (Å²) in [5.74, 6) is 1.07. The Kier molecular flexibility index (Phi) is 3.04. The van der Waals surface area contributed by atoms with Crippen LogP contribution in [0.1, 0.15) is 38.1 Å². The number of oxazole rings is 1. The van der Waals surface area contributed by atoms with Crippen LogP contribution in [0.25, 0.3) is 11.5 Å². The number of rotatable bonds is 3. The molecule has 0 aliphatic rings. The SMILES string of the molecule is CCc1cc(-c2nc(C(C)C)co2)ccn1. The summed E-state index contributed by atoms with van der Waals surface area (Å²) in [6, 6.07) is 3.95. The fourth-order valence-electron chi connectivity index (χ4n) is 1.49. The monoisotopic (exact) mass is 216 g/mol. The minimum absolute atomic E-state index is 0.394. The van der Waals surface area contributed by atoms with Crippen LogP contribution in [-0.2, 0) is 6.42 Å². The van der Waals surface area contributed by atoms with Gasteiger partial charge in [-0.05, 0) is 24.5 Å². The van der Waals surface area contributed by atoms with E-state index in [4.69, 9.17) is 4.42 Å². The molecule has 0 radical (unpaired) electrons. The Morgan fingerprint density at radius 2 is 2.19 bits per heavy atom. The number of hydrogen-bond acceptors (Lipinski definition) is 3. The summed E-state index contributed by atoms with van der Waals surface area (Å²) in [6.45, 7) is 6.29. The second-order valence-corrected chi connectivity index (χ2v) is 4.12. The molecule has 84 valence electrons. The summed E-state index contributed by atoms with van der Waals surface area (Å²) < 4.78 is 5.47. The number of pyridine rings is 1. The van der Waals surface area contributed by atoms with Crippen LogP contribution in [0, 0.1) is 0 Å². The molecule has 0 unspecified atom stereocenters. The lowest BCUT2D eigenvalue weighted by Crippen LogP contribution is -1.89. The third-order valence-corrected chi connectivity index (χ3v) is 2.54. The minimum Gasteiger partial charge on any atom is -0.444 e. The average molecular weight is 216 g/mol. The lowest BCUT2D eigenvalue weighted by Gasteiger charge is -1.98. The molecule has 3 nitrogen and oxygen atoms in total. The van der Waals surface area contributed by atoms with Gasteiger partial charge in [-0.1, -0.05) is 20.8 Å². The van der Waals surface area contributed by atoms with E-state index in [0.29, 0.717) is 11.8 Å². The summed E-state index contributed by atoms with van der Waals surface area (Å²) in [5, 5.41) is 0. The van der Waals surface area contributed by atoms with Crippen LogP contribution in [0.15, 0.2) is 29.0 Å². The fraction of sp³-hybridized carbons (Fsp3) is 0.385. The van der Waals surface area contributed by atoms with Gasteiger partial charge in [0.25, 0.3) is 0 Å². The first-order chi connectivity index (χ1) is 7.70. The van der Waals surface area contributed by atoms with E-state index < -0.39 is 0 Å². The summed E-state index contributed by atoms with van der Waals surface area (Å²) in [5.41, 5.74) is 3.05. The van der Waals surface area contributed by atoms with Crippen molar-refractivity contribution in [2.45, 2.75) is 33.1 Å². The van der Waals surface area contributed by atoms with Crippen LogP contribution in [-0.4, -0.2) is 9.97 Å². The van der Waals surface area contributed by atoms with Crippen LogP contribution in [0.3, 0.4) is 0 Å². The summed E-state index contributed by atoms with van der Waals surface area (Å²) in [6.07, 6.45) is 4.45. The Morgan fingerprint density at radius 1 is 1.38 bits per heavy atom. The van der Waals surface area contributed by atoms with E-state index in [1.54, 1.807) is 12.5 Å². The average Bonchev–Trinajstić information content (AvgIpc) is 2.78. The molecular weight excluding hydrogens is 200 g/mol. The third-order valence-electron chi connectivity index (χ3n) is 2.54. The maximum Gasteiger partial charge on any atom is 0.226 e. The van der Waals surface area contributed by atoms with Crippen LogP contribution in [0.4, 0.5) is 0 Å². The van der Waals surface area contributed by atoms with Gasteiger partial charge in [-0.15, -0.1) is 0 Å². The summed E-state index contributed by atoms with van der Waals surface area (Å²) in [4.78, 5) is 8.72. The van der Waals surface area contributed by atoms with Gasteiger partial charge in [0.1, 0.15) is 6.26 Å². The number of hydrogen-bond donors (Lipinski definition) is 0. The number of aryl methyl sites for hydroxylation is 1. The van der Waals surface area contributed by atoms with Gasteiger partial charge in [0.2, 0.25) is 5.89 Å². The Labute approximate surface area is 95.5 Å². The predicted molar refractivity (Wildman–Crippen MR) is 63.2 cm³/mol. The maximum absolute atomic E-state index is 5.47. The largest absolute Gasteiger partial charge is 0.444 e. The Morgan fingerprint density at radius 3 is 2.81 bits per heavy atom. The molecule has 0 saturated heterocycles. The molecule has 2 aromatic rings. The van der Waals surface area contributed by atoms with E-state index in [2.05, 4.69) is 30.7 Å². The first-order valence-electron chi connectivity index (χ1n) is 5.61. The Bertz CT molecular complexity index is 474. The highest BCUT2D eigenvalue weighted by Crippen LogP contribution is 2.22. The van der Waals surface area contributed by atoms with Crippen molar-refractivity contribution in [2.75, 3.05) is 0 Å². The van der Waals surface area contributed by atoms with Crippen molar-refractivity contribution in [1.29, 1.82) is 0 Å². The molecule has 2 rings (SSSR count). The molecule has 2 aromatic heterocycles. The van der Waals surface area contributed by atoms with Crippen LogP contribution < -0.4 is 0 Å². The predicted octanol–water partition coefficient (Wildman–Crippen LogP) is 3.42. The quantitative estimate of drug-likeness (QED) is 0.789. The molecule has 0 aliphatic carbocycles. The topological polar surface area (TPSA) is 38.9 Å². The Balaban J connectivity index is 2.34. The highest BCUT2D eigenvalue weighted by Gasteiger charge is 2.09. The van der Waals surface area contributed by atoms with Crippen molar-refractivity contribution < 1.29 is 4.42 Å². The molecule has 0 bridgehead atoms. The van der Waals surface area contributed by atoms with Crippen molar-refractivity contribution in [3.05, 3.63) is 36.0 Å². The van der Waals surface area contributed by atoms with E-state index >= 15 is 0 Å². The molecule has 0 aromatic carbocycles. The lowest BCUT2D eigenvalue weighted by molar-refractivity contribution is 0.571. The second-order valence-electron chi connectivity index (χ2n) is 4.12. The zero-order chi connectivity index (χ0) is 11.5. The summed E-state index contributed by atoms with van der Waals surface area (Å²) in [7, 11) is 0. The van der Waals surface area contributed by atoms with Gasteiger partial charge in [0.15, 0.2) is 0 Å². The van der Waals surface area contributed by atoms with Gasteiger partial charge in [-0.2, -0.15) is 0 Å². The first kappa shape index (κ1) is 10.9. The zero-order valence-corrected chi connectivity index (χ0v) is 9.90. The highest BCUT2D eigenvalue weighted by atomic mass is 16.3. The standard InChI is InChI=1S/C13H16N2O/c1-4-11-7-10(5-6-14-11)13-15-12(8-16-13)9(2)3/h5-9H,4H2,1-3H3. The van der Waals surface area contributed by atoms with E-state index in [1.807, 2.05) is 12.1 Å². The Hall–Kier alpha value is -1.64. The highest BCUT2D eigenvalue weighted by molar-refractivity contribution is 5.53. The van der Waals surface area contributed by atoms with Crippen molar-refractivity contribution in [3.63, 3.8) is 0 Å². The number of aromatic nitrogens is 2. The number of nitrogens with zero attached hydrogens (tertiary/aromatic N) is 2. The van der Waals surface area contributed by atoms with Gasteiger partial charge < -0.3 is 4.42 Å². The molecule has 3 heteroatoms. The molecule has 0 amide bonds. The first-order valence-corrected chi connectivity index (χ1v) is 5.61. The third kappa shape index (κ3) is 2.13. The molecule has 0 spiro atoms. The molecule has 0 N–H and O–H groups in total. The smallest absolute Gasteiger partial charge is 0.226 e. The molecular formula is C13H16N2O. The van der Waals surface area contributed by atoms with Gasteiger partial charge in [0, 0.05) is 17.5 Å². The van der Waals surface area contributed by atoms with Crippen molar-refractivity contribution in [2.24, 2.45) is 0 Å². The van der Waals surface area contributed by atoms with E-state index in [0.717, 1.165) is 23.4 Å². The molecule has 0 saturated carbocycles. The maximum atomic E-state index is 5.47. The van der Waals surface area contributed by atoms with Gasteiger partial charge in [-0.3, -0.25) is 4.98 Å². The van der Waals surface area contributed by atoms with Crippen molar-refractivity contribution >= 4 is 0 Å². The molecule has 16 heavy (non-hydrogen) atoms. The lowest BCUT2D eigenvalue weighted by atomic mass is 10.1. The molecule has 2 heterocycles. The summed E-state index contributed by atoms with van der Waals surface area (Å²) >= 11 is 0.